The molecule has 0 amide bonds. The third-order valence-electron chi connectivity index (χ3n) is 11.4. The van der Waals surface area contributed by atoms with Crippen LogP contribution >= 0.6 is 0 Å². The lowest BCUT2D eigenvalue weighted by Crippen LogP contribution is -2.16. The highest BCUT2D eigenvalue weighted by atomic mass is 15.1. The molecular formula is C54H45N. The number of rotatable bonds is 8. The summed E-state index contributed by atoms with van der Waals surface area (Å²) in [4.78, 5) is 2.42. The number of hydrogen-bond acceptors (Lipinski definition) is 1. The first kappa shape index (κ1) is 34.3. The van der Waals surface area contributed by atoms with E-state index in [1.165, 1.54) is 66.8 Å². The molecule has 0 saturated heterocycles. The third kappa shape index (κ3) is 6.47. The van der Waals surface area contributed by atoms with Crippen LogP contribution in [0.4, 0.5) is 17.1 Å². The Balaban J connectivity index is 1.20. The number of benzene rings is 7. The highest BCUT2D eigenvalue weighted by Crippen LogP contribution is 2.51. The zero-order valence-corrected chi connectivity index (χ0v) is 31.8. The molecular weight excluding hydrogens is 663 g/mol. The molecule has 0 radical (unpaired) electrons. The Kier molecular flexibility index (Phi) is 9.00. The van der Waals surface area contributed by atoms with E-state index in [0.29, 0.717) is 5.92 Å². The number of hydrogen-bond donors (Lipinski definition) is 0. The molecule has 0 bridgehead atoms. The Morgan fingerprint density at radius 3 is 1.64 bits per heavy atom. The number of allylic oxidation sites excluding steroid dienone is 5. The smallest absolute Gasteiger partial charge is 0.0465 e. The van der Waals surface area contributed by atoms with Crippen LogP contribution in [0.5, 0.6) is 0 Å². The Morgan fingerprint density at radius 1 is 0.491 bits per heavy atom. The van der Waals surface area contributed by atoms with Crippen LogP contribution in [0.15, 0.2) is 206 Å². The van der Waals surface area contributed by atoms with Crippen molar-refractivity contribution in [3.8, 4) is 22.3 Å². The van der Waals surface area contributed by atoms with Crippen molar-refractivity contribution in [3.05, 3.63) is 234 Å². The normalized spacial score (nSPS) is 15.1. The van der Waals surface area contributed by atoms with Gasteiger partial charge in [-0.1, -0.05) is 185 Å². The van der Waals surface area contributed by atoms with Gasteiger partial charge in [-0.2, -0.15) is 0 Å². The molecule has 1 heteroatoms. The van der Waals surface area contributed by atoms with Gasteiger partial charge in [-0.05, 0) is 116 Å². The van der Waals surface area contributed by atoms with E-state index in [1.807, 2.05) is 0 Å². The lowest BCUT2D eigenvalue weighted by atomic mass is 9.82. The molecule has 0 heterocycles. The number of fused-ring (bicyclic) bond motifs is 3. The van der Waals surface area contributed by atoms with E-state index in [9.17, 15) is 0 Å². The zero-order valence-electron chi connectivity index (χ0n) is 31.8. The average molecular weight is 708 g/mol. The standard InChI is InChI=1S/C54H45N/c1-38-16-15-23-44(36-38)53(52(41-19-9-5-10-20-41)42-21-11-6-12-22-42)43-28-32-46(33-29-43)55(45-30-26-40(27-31-45)39-17-7-4-8-18-39)47-34-35-49-48-24-13-14-25-50(48)54(2,3)51(49)37-47/h4-15,17-38H,16H2,1-3H3. The van der Waals surface area contributed by atoms with Gasteiger partial charge in [-0.3, -0.25) is 0 Å². The van der Waals surface area contributed by atoms with Crippen LogP contribution in [0.2, 0.25) is 0 Å². The minimum Gasteiger partial charge on any atom is -0.310 e. The minimum absolute atomic E-state index is 0.0992. The molecule has 1 atom stereocenters. The summed E-state index contributed by atoms with van der Waals surface area (Å²) >= 11 is 0. The van der Waals surface area contributed by atoms with Crippen molar-refractivity contribution >= 4 is 28.2 Å². The van der Waals surface area contributed by atoms with E-state index in [4.69, 9.17) is 0 Å². The fourth-order valence-corrected chi connectivity index (χ4v) is 8.62. The maximum atomic E-state index is 2.44. The van der Waals surface area contributed by atoms with Gasteiger partial charge in [0.15, 0.2) is 0 Å². The lowest BCUT2D eigenvalue weighted by molar-refractivity contribution is 0.660. The van der Waals surface area contributed by atoms with Crippen LogP contribution < -0.4 is 4.90 Å². The Bertz CT molecular complexity index is 2510. The van der Waals surface area contributed by atoms with Gasteiger partial charge in [0.1, 0.15) is 0 Å². The number of nitrogens with zero attached hydrogens (tertiary/aromatic N) is 1. The predicted octanol–water partition coefficient (Wildman–Crippen LogP) is 14.6. The van der Waals surface area contributed by atoms with Crippen LogP contribution in [-0.4, -0.2) is 0 Å². The Hall–Kier alpha value is -6.44. The largest absolute Gasteiger partial charge is 0.310 e. The summed E-state index contributed by atoms with van der Waals surface area (Å²) in [5.41, 5.74) is 18.5. The molecule has 0 saturated carbocycles. The zero-order chi connectivity index (χ0) is 37.4. The van der Waals surface area contributed by atoms with Crippen LogP contribution in [-0.2, 0) is 5.41 Å². The maximum Gasteiger partial charge on any atom is 0.0465 e. The number of anilines is 3. The molecule has 2 aliphatic carbocycles. The highest BCUT2D eigenvalue weighted by molar-refractivity contribution is 6.05. The molecule has 2 aliphatic rings. The fraction of sp³-hybridized carbons (Fsp3) is 0.111. The third-order valence-corrected chi connectivity index (χ3v) is 11.4. The van der Waals surface area contributed by atoms with E-state index in [1.54, 1.807) is 0 Å². The van der Waals surface area contributed by atoms with E-state index >= 15 is 0 Å². The summed E-state index contributed by atoms with van der Waals surface area (Å²) < 4.78 is 0. The minimum atomic E-state index is -0.0992. The molecule has 1 unspecified atom stereocenters. The van der Waals surface area contributed by atoms with Crippen molar-refractivity contribution < 1.29 is 0 Å². The highest BCUT2D eigenvalue weighted by Gasteiger charge is 2.35. The van der Waals surface area contributed by atoms with E-state index in [0.717, 1.165) is 23.5 Å². The van der Waals surface area contributed by atoms with Gasteiger partial charge in [-0.15, -0.1) is 0 Å². The first-order chi connectivity index (χ1) is 27.0. The van der Waals surface area contributed by atoms with Crippen molar-refractivity contribution in [2.45, 2.75) is 32.6 Å². The molecule has 0 spiro atoms. The first-order valence-corrected chi connectivity index (χ1v) is 19.5. The first-order valence-electron chi connectivity index (χ1n) is 19.5. The Labute approximate surface area is 326 Å². The van der Waals surface area contributed by atoms with Crippen LogP contribution in [0.3, 0.4) is 0 Å². The SMILES string of the molecule is CC1C=C(C(=C(c2ccccc2)c2ccccc2)c2ccc(N(c3ccc(-c4ccccc4)cc3)c3ccc4c(c3)C(C)(C)c3ccccc3-4)cc2)C=CC1. The quantitative estimate of drug-likeness (QED) is 0.142. The fourth-order valence-electron chi connectivity index (χ4n) is 8.62. The van der Waals surface area contributed by atoms with Gasteiger partial charge in [0.25, 0.3) is 0 Å². The molecule has 7 aromatic carbocycles. The Morgan fingerprint density at radius 2 is 1.00 bits per heavy atom. The summed E-state index contributed by atoms with van der Waals surface area (Å²) in [6, 6.07) is 66.5. The van der Waals surface area contributed by atoms with Crippen molar-refractivity contribution in [1.29, 1.82) is 0 Å². The van der Waals surface area contributed by atoms with E-state index < -0.39 is 0 Å². The summed E-state index contributed by atoms with van der Waals surface area (Å²) in [6.07, 6.45) is 8.15. The molecule has 0 aliphatic heterocycles. The monoisotopic (exact) mass is 707 g/mol. The second kappa shape index (κ2) is 14.4. The van der Waals surface area contributed by atoms with Crippen molar-refractivity contribution in [1.82, 2.24) is 0 Å². The van der Waals surface area contributed by atoms with Crippen molar-refractivity contribution in [2.24, 2.45) is 5.92 Å². The molecule has 1 nitrogen and oxygen atoms in total. The summed E-state index contributed by atoms with van der Waals surface area (Å²) in [5, 5.41) is 0. The van der Waals surface area contributed by atoms with E-state index in [-0.39, 0.29) is 5.41 Å². The van der Waals surface area contributed by atoms with Gasteiger partial charge in [0, 0.05) is 22.5 Å². The summed E-state index contributed by atoms with van der Waals surface area (Å²) in [7, 11) is 0. The van der Waals surface area contributed by atoms with Crippen LogP contribution in [0.25, 0.3) is 33.4 Å². The molecule has 0 fully saturated rings. The average Bonchev–Trinajstić information content (AvgIpc) is 3.47. The predicted molar refractivity (Wildman–Crippen MR) is 234 cm³/mol. The second-order valence-electron chi connectivity index (χ2n) is 15.4. The topological polar surface area (TPSA) is 3.24 Å². The van der Waals surface area contributed by atoms with Crippen LogP contribution in [0, 0.1) is 5.92 Å². The maximum absolute atomic E-state index is 2.44. The molecule has 9 rings (SSSR count). The molecule has 7 aromatic rings. The van der Waals surface area contributed by atoms with E-state index in [2.05, 4.69) is 226 Å². The molecule has 55 heavy (non-hydrogen) atoms. The molecule has 0 aromatic heterocycles. The summed E-state index contributed by atoms with van der Waals surface area (Å²) in [5.74, 6) is 0.464. The van der Waals surface area contributed by atoms with Crippen molar-refractivity contribution in [3.63, 3.8) is 0 Å². The van der Waals surface area contributed by atoms with Gasteiger partial charge in [-0.25, -0.2) is 0 Å². The van der Waals surface area contributed by atoms with Gasteiger partial charge >= 0.3 is 0 Å². The molecule has 0 N–H and O–H groups in total. The van der Waals surface area contributed by atoms with Gasteiger partial charge in [0.05, 0.1) is 0 Å². The van der Waals surface area contributed by atoms with Gasteiger partial charge < -0.3 is 4.90 Å². The second-order valence-corrected chi connectivity index (χ2v) is 15.4. The van der Waals surface area contributed by atoms with Crippen LogP contribution in [0.1, 0.15) is 55.0 Å². The lowest BCUT2D eigenvalue weighted by Gasteiger charge is -2.29. The summed E-state index contributed by atoms with van der Waals surface area (Å²) in [6.45, 7) is 7.02. The van der Waals surface area contributed by atoms with Crippen molar-refractivity contribution in [2.75, 3.05) is 4.90 Å². The van der Waals surface area contributed by atoms with Gasteiger partial charge in [0.2, 0.25) is 0 Å². The molecule has 266 valence electrons.